The van der Waals surface area contributed by atoms with E-state index in [0.717, 1.165) is 11.8 Å². The van der Waals surface area contributed by atoms with Gasteiger partial charge in [-0.05, 0) is 26.0 Å². The van der Waals surface area contributed by atoms with Gasteiger partial charge in [0, 0.05) is 18.0 Å². The molecule has 2 aromatic rings. The van der Waals surface area contributed by atoms with Crippen LogP contribution in [0.3, 0.4) is 0 Å². The van der Waals surface area contributed by atoms with E-state index in [2.05, 4.69) is 15.3 Å². The number of anilines is 2. The third-order valence-electron chi connectivity index (χ3n) is 3.58. The number of benzene rings is 1. The third kappa shape index (κ3) is 4.40. The Hall–Kier alpha value is -3.01. The molecule has 3 N–H and O–H groups in total. The average Bonchev–Trinajstić information content (AvgIpc) is 3.09. The van der Waals surface area contributed by atoms with E-state index in [4.69, 9.17) is 19.9 Å². The van der Waals surface area contributed by atoms with E-state index >= 15 is 0 Å². The van der Waals surface area contributed by atoms with Gasteiger partial charge < -0.3 is 25.3 Å². The van der Waals surface area contributed by atoms with Gasteiger partial charge in [-0.3, -0.25) is 4.79 Å². The monoisotopic (exact) mass is 390 g/mol. The molecule has 0 fully saturated rings. The van der Waals surface area contributed by atoms with Crippen LogP contribution in [0.15, 0.2) is 29.6 Å². The van der Waals surface area contributed by atoms with Crippen LogP contribution in [0.25, 0.3) is 0 Å². The Kier molecular flexibility index (Phi) is 5.65. The van der Waals surface area contributed by atoms with Gasteiger partial charge in [-0.25, -0.2) is 14.8 Å². The quantitative estimate of drug-likeness (QED) is 0.433. The van der Waals surface area contributed by atoms with Gasteiger partial charge in [0.1, 0.15) is 11.4 Å². The molecule has 0 saturated heterocycles. The fourth-order valence-corrected chi connectivity index (χ4v) is 2.98. The molecular formula is C17H18N4O5S. The van der Waals surface area contributed by atoms with Gasteiger partial charge in [-0.15, -0.1) is 0 Å². The minimum absolute atomic E-state index is 0.00864. The van der Waals surface area contributed by atoms with E-state index in [9.17, 15) is 9.59 Å². The summed E-state index contributed by atoms with van der Waals surface area (Å²) in [4.78, 5) is 32.3. The average molecular weight is 390 g/mol. The maximum Gasteiger partial charge on any atom is 0.343 e. The first-order chi connectivity index (χ1) is 13.0. The SMILES string of the molecule is CCOC(=O)c1cnc(SC(C)C(=O)Nc2ccc3c(c2)OCO3)nc1N. The molecule has 1 atom stereocenters. The Morgan fingerprint density at radius 3 is 2.89 bits per heavy atom. The van der Waals surface area contributed by atoms with Crippen LogP contribution < -0.4 is 20.5 Å². The number of nitrogens with two attached hydrogens (primary N) is 1. The van der Waals surface area contributed by atoms with Gasteiger partial charge in [-0.1, -0.05) is 11.8 Å². The molecule has 0 saturated carbocycles. The van der Waals surface area contributed by atoms with Crippen molar-refractivity contribution < 1.29 is 23.8 Å². The van der Waals surface area contributed by atoms with Crippen LogP contribution in [0, 0.1) is 0 Å². The number of carbonyl (C=O) groups excluding carboxylic acids is 2. The molecule has 1 aliphatic rings. The molecule has 1 aliphatic heterocycles. The molecule has 10 heteroatoms. The van der Waals surface area contributed by atoms with Crippen LogP contribution in [0.5, 0.6) is 11.5 Å². The highest BCUT2D eigenvalue weighted by atomic mass is 32.2. The first-order valence-electron chi connectivity index (χ1n) is 8.14. The van der Waals surface area contributed by atoms with Crippen molar-refractivity contribution in [2.45, 2.75) is 24.3 Å². The van der Waals surface area contributed by atoms with Crippen LogP contribution in [0.4, 0.5) is 11.5 Å². The standard InChI is InChI=1S/C17H18N4O5S/c1-3-24-16(23)11-7-19-17(21-14(11)18)27-9(2)15(22)20-10-4-5-12-13(6-10)26-8-25-12/h4-7,9H,3,8H2,1-2H3,(H,20,22)(H2,18,19,21). The molecule has 3 rings (SSSR count). The third-order valence-corrected chi connectivity index (χ3v) is 4.56. The molecule has 0 aliphatic carbocycles. The molecule has 1 unspecified atom stereocenters. The zero-order valence-electron chi connectivity index (χ0n) is 14.7. The van der Waals surface area contributed by atoms with Gasteiger partial charge in [0.05, 0.1) is 11.9 Å². The van der Waals surface area contributed by atoms with Crippen LogP contribution in [0.2, 0.25) is 0 Å². The van der Waals surface area contributed by atoms with E-state index in [1.54, 1.807) is 32.0 Å². The fourth-order valence-electron chi connectivity index (χ4n) is 2.23. The normalized spacial score (nSPS) is 13.1. The molecule has 1 aromatic carbocycles. The van der Waals surface area contributed by atoms with Crippen molar-refractivity contribution >= 4 is 35.1 Å². The molecule has 0 bridgehead atoms. The summed E-state index contributed by atoms with van der Waals surface area (Å²) in [6.07, 6.45) is 1.30. The molecule has 27 heavy (non-hydrogen) atoms. The maximum absolute atomic E-state index is 12.4. The molecular weight excluding hydrogens is 372 g/mol. The Morgan fingerprint density at radius 2 is 2.15 bits per heavy atom. The first-order valence-corrected chi connectivity index (χ1v) is 9.02. The van der Waals surface area contributed by atoms with Gasteiger partial charge in [-0.2, -0.15) is 0 Å². The van der Waals surface area contributed by atoms with Crippen molar-refractivity contribution in [2.24, 2.45) is 0 Å². The van der Waals surface area contributed by atoms with E-state index in [1.807, 2.05) is 0 Å². The zero-order chi connectivity index (χ0) is 19.4. The van der Waals surface area contributed by atoms with Crippen LogP contribution in [0.1, 0.15) is 24.2 Å². The summed E-state index contributed by atoms with van der Waals surface area (Å²) in [7, 11) is 0. The van der Waals surface area contributed by atoms with E-state index in [1.165, 1.54) is 6.20 Å². The van der Waals surface area contributed by atoms with Crippen LogP contribution in [-0.2, 0) is 9.53 Å². The summed E-state index contributed by atoms with van der Waals surface area (Å²) in [5, 5.41) is 2.59. The highest BCUT2D eigenvalue weighted by Crippen LogP contribution is 2.34. The van der Waals surface area contributed by atoms with Gasteiger partial charge >= 0.3 is 5.97 Å². The van der Waals surface area contributed by atoms with Crippen LogP contribution >= 0.6 is 11.8 Å². The number of nitrogen functional groups attached to an aromatic ring is 1. The number of amides is 1. The second kappa shape index (κ2) is 8.12. The molecule has 0 radical (unpaired) electrons. The number of hydrogen-bond acceptors (Lipinski definition) is 9. The van der Waals surface area contributed by atoms with Gasteiger partial charge in [0.15, 0.2) is 16.7 Å². The first kappa shape index (κ1) is 18.8. The van der Waals surface area contributed by atoms with E-state index < -0.39 is 11.2 Å². The smallest absolute Gasteiger partial charge is 0.343 e. The highest BCUT2D eigenvalue weighted by molar-refractivity contribution is 8.00. The van der Waals surface area contributed by atoms with Crippen molar-refractivity contribution in [1.29, 1.82) is 0 Å². The highest BCUT2D eigenvalue weighted by Gasteiger charge is 2.20. The summed E-state index contributed by atoms with van der Waals surface area (Å²) in [6.45, 7) is 3.80. The minimum Gasteiger partial charge on any atom is -0.462 e. The molecule has 2 heterocycles. The second-order valence-corrected chi connectivity index (χ2v) is 6.80. The van der Waals surface area contributed by atoms with Crippen molar-refractivity contribution in [3.8, 4) is 11.5 Å². The number of thioether (sulfide) groups is 1. The van der Waals surface area contributed by atoms with Gasteiger partial charge in [0.25, 0.3) is 0 Å². The number of fused-ring (bicyclic) bond motifs is 1. The number of nitrogens with one attached hydrogen (secondary N) is 1. The van der Waals surface area contributed by atoms with Crippen molar-refractivity contribution in [3.63, 3.8) is 0 Å². The maximum atomic E-state index is 12.4. The number of esters is 1. The predicted molar refractivity (Wildman–Crippen MR) is 98.9 cm³/mol. The summed E-state index contributed by atoms with van der Waals surface area (Å²) >= 11 is 1.12. The lowest BCUT2D eigenvalue weighted by molar-refractivity contribution is -0.115. The summed E-state index contributed by atoms with van der Waals surface area (Å²) in [5.41, 5.74) is 6.48. The molecule has 9 nitrogen and oxygen atoms in total. The lowest BCUT2D eigenvalue weighted by Crippen LogP contribution is -2.22. The predicted octanol–water partition coefficient (Wildman–Crippen LogP) is 2.08. The largest absolute Gasteiger partial charge is 0.462 e. The fraction of sp³-hybridized carbons (Fsp3) is 0.294. The summed E-state index contributed by atoms with van der Waals surface area (Å²) in [6, 6.07) is 5.15. The second-order valence-electron chi connectivity index (χ2n) is 5.49. The molecule has 0 spiro atoms. The number of ether oxygens (including phenoxy) is 3. The number of aromatic nitrogens is 2. The lowest BCUT2D eigenvalue weighted by atomic mass is 10.2. The number of carbonyl (C=O) groups is 2. The van der Waals surface area contributed by atoms with Crippen molar-refractivity contribution in [1.82, 2.24) is 9.97 Å². The molecule has 1 aromatic heterocycles. The summed E-state index contributed by atoms with van der Waals surface area (Å²) in [5.74, 6) is 0.407. The molecule has 142 valence electrons. The van der Waals surface area contributed by atoms with Crippen molar-refractivity contribution in [2.75, 3.05) is 24.5 Å². The number of hydrogen-bond donors (Lipinski definition) is 2. The minimum atomic E-state index is -0.583. The summed E-state index contributed by atoms with van der Waals surface area (Å²) < 4.78 is 15.4. The Balaban J connectivity index is 1.62. The topological polar surface area (TPSA) is 126 Å². The zero-order valence-corrected chi connectivity index (χ0v) is 15.5. The van der Waals surface area contributed by atoms with Gasteiger partial charge in [0.2, 0.25) is 12.7 Å². The Labute approximate surface area is 159 Å². The Morgan fingerprint density at radius 1 is 1.37 bits per heavy atom. The number of rotatable bonds is 6. The Bertz CT molecular complexity index is 876. The number of nitrogens with zero attached hydrogens (tertiary/aromatic N) is 2. The van der Waals surface area contributed by atoms with E-state index in [0.29, 0.717) is 17.2 Å². The van der Waals surface area contributed by atoms with Crippen molar-refractivity contribution in [3.05, 3.63) is 30.0 Å². The van der Waals surface area contributed by atoms with E-state index in [-0.39, 0.29) is 35.8 Å². The van der Waals surface area contributed by atoms with Crippen LogP contribution in [-0.4, -0.2) is 40.5 Å². The molecule has 1 amide bonds. The lowest BCUT2D eigenvalue weighted by Gasteiger charge is -2.12.